The molecule has 0 aliphatic heterocycles. The maximum atomic E-state index is 11.3. The highest BCUT2D eigenvalue weighted by Crippen LogP contribution is 2.26. The van der Waals surface area contributed by atoms with Crippen molar-refractivity contribution in [3.8, 4) is 0 Å². The van der Waals surface area contributed by atoms with Crippen LogP contribution >= 0.6 is 0 Å². The summed E-state index contributed by atoms with van der Waals surface area (Å²) < 4.78 is 0. The SMILES string of the molecule is CCc1cc(NC2CCCC(C(N)=O)C2)nc(C)n1. The third-order valence-electron chi connectivity index (χ3n) is 3.68. The van der Waals surface area contributed by atoms with E-state index < -0.39 is 0 Å². The van der Waals surface area contributed by atoms with E-state index in [0.717, 1.165) is 49.4 Å². The van der Waals surface area contributed by atoms with Crippen LogP contribution in [0.5, 0.6) is 0 Å². The molecular weight excluding hydrogens is 240 g/mol. The van der Waals surface area contributed by atoms with Gasteiger partial charge in [0.25, 0.3) is 0 Å². The number of hydrogen-bond donors (Lipinski definition) is 2. The first-order valence-electron chi connectivity index (χ1n) is 6.99. The van der Waals surface area contributed by atoms with E-state index in [0.29, 0.717) is 0 Å². The van der Waals surface area contributed by atoms with Gasteiger partial charge in [-0.05, 0) is 32.6 Å². The second-order valence-corrected chi connectivity index (χ2v) is 5.25. The zero-order chi connectivity index (χ0) is 13.8. The Morgan fingerprint density at radius 1 is 1.47 bits per heavy atom. The van der Waals surface area contributed by atoms with Gasteiger partial charge in [-0.2, -0.15) is 0 Å². The van der Waals surface area contributed by atoms with Gasteiger partial charge in [-0.15, -0.1) is 0 Å². The molecule has 2 atom stereocenters. The molecule has 0 aromatic carbocycles. The lowest BCUT2D eigenvalue weighted by molar-refractivity contribution is -0.122. The van der Waals surface area contributed by atoms with Crippen molar-refractivity contribution in [3.63, 3.8) is 0 Å². The molecule has 1 heterocycles. The number of carbonyl (C=O) groups excluding carboxylic acids is 1. The number of carbonyl (C=O) groups is 1. The Morgan fingerprint density at radius 3 is 2.95 bits per heavy atom. The van der Waals surface area contributed by atoms with Crippen LogP contribution in [0.3, 0.4) is 0 Å². The smallest absolute Gasteiger partial charge is 0.220 e. The van der Waals surface area contributed by atoms with Gasteiger partial charge < -0.3 is 11.1 Å². The van der Waals surface area contributed by atoms with Crippen LogP contribution in [0.15, 0.2) is 6.07 Å². The van der Waals surface area contributed by atoms with Crippen molar-refractivity contribution in [2.24, 2.45) is 11.7 Å². The Morgan fingerprint density at radius 2 is 2.26 bits per heavy atom. The van der Waals surface area contributed by atoms with Crippen molar-refractivity contribution >= 4 is 11.7 Å². The van der Waals surface area contributed by atoms with Crippen LogP contribution in [0.2, 0.25) is 0 Å². The van der Waals surface area contributed by atoms with Crippen molar-refractivity contribution in [1.29, 1.82) is 0 Å². The van der Waals surface area contributed by atoms with E-state index in [-0.39, 0.29) is 17.9 Å². The molecule has 0 radical (unpaired) electrons. The number of aromatic nitrogens is 2. The third kappa shape index (κ3) is 3.66. The minimum Gasteiger partial charge on any atom is -0.369 e. The zero-order valence-corrected chi connectivity index (χ0v) is 11.6. The number of nitrogens with one attached hydrogen (secondary N) is 1. The fourth-order valence-corrected chi connectivity index (χ4v) is 2.67. The number of rotatable bonds is 4. The fourth-order valence-electron chi connectivity index (χ4n) is 2.67. The average molecular weight is 262 g/mol. The fraction of sp³-hybridized carbons (Fsp3) is 0.643. The Labute approximate surface area is 114 Å². The first-order chi connectivity index (χ1) is 9.08. The van der Waals surface area contributed by atoms with Gasteiger partial charge in [-0.25, -0.2) is 9.97 Å². The summed E-state index contributed by atoms with van der Waals surface area (Å²) in [6.07, 6.45) is 4.72. The Hall–Kier alpha value is -1.65. The van der Waals surface area contributed by atoms with Crippen molar-refractivity contribution < 1.29 is 4.79 Å². The van der Waals surface area contributed by atoms with Crippen LogP contribution in [0.4, 0.5) is 5.82 Å². The van der Waals surface area contributed by atoms with E-state index in [1.165, 1.54) is 0 Å². The van der Waals surface area contributed by atoms with Gasteiger partial charge >= 0.3 is 0 Å². The zero-order valence-electron chi connectivity index (χ0n) is 11.6. The largest absolute Gasteiger partial charge is 0.369 e. The third-order valence-corrected chi connectivity index (χ3v) is 3.68. The minimum absolute atomic E-state index is 0.000158. The van der Waals surface area contributed by atoms with Crippen LogP contribution in [0.1, 0.15) is 44.1 Å². The van der Waals surface area contributed by atoms with Gasteiger partial charge in [0.1, 0.15) is 11.6 Å². The topological polar surface area (TPSA) is 80.9 Å². The Kier molecular flexibility index (Phi) is 4.35. The molecule has 1 aromatic heterocycles. The highest BCUT2D eigenvalue weighted by atomic mass is 16.1. The van der Waals surface area contributed by atoms with Gasteiger partial charge in [-0.1, -0.05) is 13.3 Å². The van der Waals surface area contributed by atoms with E-state index in [1.54, 1.807) is 0 Å². The second-order valence-electron chi connectivity index (χ2n) is 5.25. The molecule has 1 aliphatic carbocycles. The summed E-state index contributed by atoms with van der Waals surface area (Å²) >= 11 is 0. The van der Waals surface area contributed by atoms with E-state index >= 15 is 0 Å². The molecule has 2 unspecified atom stereocenters. The summed E-state index contributed by atoms with van der Waals surface area (Å²) in [6, 6.07) is 2.27. The van der Waals surface area contributed by atoms with E-state index in [4.69, 9.17) is 5.73 Å². The lowest BCUT2D eigenvalue weighted by atomic mass is 9.85. The summed E-state index contributed by atoms with van der Waals surface area (Å²) in [5, 5.41) is 3.42. The van der Waals surface area contributed by atoms with Gasteiger partial charge in [0.05, 0.1) is 0 Å². The molecule has 0 saturated heterocycles. The van der Waals surface area contributed by atoms with E-state index in [2.05, 4.69) is 22.2 Å². The first kappa shape index (κ1) is 13.8. The van der Waals surface area contributed by atoms with Crippen molar-refractivity contribution in [3.05, 3.63) is 17.6 Å². The predicted octanol–water partition coefficient (Wildman–Crippen LogP) is 1.80. The summed E-state index contributed by atoms with van der Waals surface area (Å²) in [4.78, 5) is 20.0. The molecule has 5 nitrogen and oxygen atoms in total. The van der Waals surface area contributed by atoms with Crippen molar-refractivity contribution in [2.45, 2.75) is 52.0 Å². The molecule has 1 aliphatic rings. The molecule has 1 aromatic rings. The van der Waals surface area contributed by atoms with Crippen LogP contribution in [-0.4, -0.2) is 21.9 Å². The summed E-state index contributed by atoms with van der Waals surface area (Å²) in [6.45, 7) is 3.98. The molecule has 5 heteroatoms. The first-order valence-corrected chi connectivity index (χ1v) is 6.99. The van der Waals surface area contributed by atoms with Gasteiger partial charge in [0, 0.05) is 23.7 Å². The number of nitrogens with zero attached hydrogens (tertiary/aromatic N) is 2. The van der Waals surface area contributed by atoms with E-state index in [9.17, 15) is 4.79 Å². The second kappa shape index (κ2) is 5.99. The normalized spacial score (nSPS) is 23.1. The van der Waals surface area contributed by atoms with Crippen molar-refractivity contribution in [2.75, 3.05) is 5.32 Å². The van der Waals surface area contributed by atoms with Gasteiger partial charge in [0.2, 0.25) is 5.91 Å². The number of nitrogens with two attached hydrogens (primary N) is 1. The highest BCUT2D eigenvalue weighted by Gasteiger charge is 2.25. The predicted molar refractivity (Wildman–Crippen MR) is 74.7 cm³/mol. The maximum absolute atomic E-state index is 11.3. The molecular formula is C14H22N4O. The highest BCUT2D eigenvalue weighted by molar-refractivity contribution is 5.76. The summed E-state index contributed by atoms with van der Waals surface area (Å²) in [5.74, 6) is 1.46. The molecule has 0 spiro atoms. The van der Waals surface area contributed by atoms with Gasteiger partial charge in [0.15, 0.2) is 0 Å². The Balaban J connectivity index is 2.04. The Bertz CT molecular complexity index is 461. The number of amides is 1. The number of hydrogen-bond acceptors (Lipinski definition) is 4. The standard InChI is InChI=1S/C14H22N4O/c1-3-11-8-13(17-9(2)16-11)18-12-6-4-5-10(7-12)14(15)19/h8,10,12H,3-7H2,1-2H3,(H2,15,19)(H,16,17,18). The molecule has 0 bridgehead atoms. The van der Waals surface area contributed by atoms with Crippen LogP contribution in [-0.2, 0) is 11.2 Å². The number of aryl methyl sites for hydroxylation is 2. The lowest BCUT2D eigenvalue weighted by Crippen LogP contribution is -2.34. The van der Waals surface area contributed by atoms with Crippen molar-refractivity contribution in [1.82, 2.24) is 9.97 Å². The van der Waals surface area contributed by atoms with Gasteiger partial charge in [-0.3, -0.25) is 4.79 Å². The quantitative estimate of drug-likeness (QED) is 0.867. The molecule has 104 valence electrons. The molecule has 1 saturated carbocycles. The minimum atomic E-state index is -0.181. The molecule has 3 N–H and O–H groups in total. The lowest BCUT2D eigenvalue weighted by Gasteiger charge is -2.28. The molecule has 19 heavy (non-hydrogen) atoms. The van der Waals surface area contributed by atoms with Crippen LogP contribution in [0.25, 0.3) is 0 Å². The van der Waals surface area contributed by atoms with Crippen LogP contribution in [0, 0.1) is 12.8 Å². The molecule has 1 amide bonds. The number of anilines is 1. The van der Waals surface area contributed by atoms with E-state index in [1.807, 2.05) is 13.0 Å². The maximum Gasteiger partial charge on any atom is 0.220 e. The summed E-state index contributed by atoms with van der Waals surface area (Å²) in [5.41, 5.74) is 6.44. The van der Waals surface area contributed by atoms with Crippen LogP contribution < -0.4 is 11.1 Å². The summed E-state index contributed by atoms with van der Waals surface area (Å²) in [7, 11) is 0. The monoisotopic (exact) mass is 262 g/mol. The molecule has 1 fully saturated rings. The molecule has 2 rings (SSSR count). The number of primary amides is 1. The average Bonchev–Trinajstić information content (AvgIpc) is 2.38.